The van der Waals surface area contributed by atoms with Crippen LogP contribution >= 0.6 is 0 Å². The number of rotatable bonds is 6. The summed E-state index contributed by atoms with van der Waals surface area (Å²) in [6.07, 6.45) is 0.758. The predicted molar refractivity (Wildman–Crippen MR) is 95.0 cm³/mol. The van der Waals surface area contributed by atoms with Crippen LogP contribution in [0.3, 0.4) is 0 Å². The molecule has 3 rings (SSSR count). The molecule has 1 fully saturated rings. The topological polar surface area (TPSA) is 60.6 Å². The van der Waals surface area contributed by atoms with Gasteiger partial charge in [0.2, 0.25) is 0 Å². The molecule has 0 amide bonds. The lowest BCUT2D eigenvalue weighted by Gasteiger charge is -2.32. The molecular weight excluding hydrogens is 321 g/mol. The Morgan fingerprint density at radius 1 is 1.36 bits per heavy atom. The van der Waals surface area contributed by atoms with Crippen LogP contribution in [0.4, 0.5) is 10.1 Å². The molecule has 134 valence electrons. The van der Waals surface area contributed by atoms with Crippen molar-refractivity contribution < 1.29 is 13.9 Å². The zero-order chi connectivity index (χ0) is 17.6. The number of para-hydroxylation sites is 1. The molecule has 0 bridgehead atoms. The molecule has 0 saturated carbocycles. The van der Waals surface area contributed by atoms with E-state index < -0.39 is 0 Å². The second-order valence-electron chi connectivity index (χ2n) is 6.26. The zero-order valence-corrected chi connectivity index (χ0v) is 14.5. The normalized spacial score (nSPS) is 18.2. The molecule has 0 spiro atoms. The number of hydrogen-bond donors (Lipinski definition) is 1. The Labute approximate surface area is 147 Å². The van der Waals surface area contributed by atoms with Crippen LogP contribution in [0.15, 0.2) is 36.4 Å². The number of aromatic nitrogens is 1. The summed E-state index contributed by atoms with van der Waals surface area (Å²) in [6, 6.07) is 10.2. The Morgan fingerprint density at radius 3 is 3.00 bits per heavy atom. The first-order chi connectivity index (χ1) is 12.1. The summed E-state index contributed by atoms with van der Waals surface area (Å²) in [5.41, 5.74) is 8.40. The minimum absolute atomic E-state index is 0.0663. The molecule has 2 heterocycles. The van der Waals surface area contributed by atoms with Crippen LogP contribution in [-0.2, 0) is 4.74 Å². The lowest BCUT2D eigenvalue weighted by Crippen LogP contribution is -2.39. The number of halogens is 1. The number of pyridine rings is 1. The Morgan fingerprint density at radius 2 is 2.20 bits per heavy atom. The van der Waals surface area contributed by atoms with Gasteiger partial charge in [-0.05, 0) is 37.6 Å². The van der Waals surface area contributed by atoms with Gasteiger partial charge in [-0.2, -0.15) is 0 Å². The Bertz CT molecular complexity index is 691. The maximum atomic E-state index is 13.5. The van der Waals surface area contributed by atoms with Crippen LogP contribution in [0.2, 0.25) is 0 Å². The highest BCUT2D eigenvalue weighted by molar-refractivity contribution is 5.40. The third kappa shape index (κ3) is 4.90. The van der Waals surface area contributed by atoms with Crippen molar-refractivity contribution in [3.8, 4) is 5.75 Å². The SMILES string of the molecule is Cc1cc(N)cc([C@H]2CN(CCCOc3ccccc3F)CCO2)n1. The molecular formula is C19H24FN3O2. The molecule has 1 saturated heterocycles. The van der Waals surface area contributed by atoms with Gasteiger partial charge in [-0.3, -0.25) is 9.88 Å². The van der Waals surface area contributed by atoms with E-state index in [0.29, 0.717) is 24.7 Å². The summed E-state index contributed by atoms with van der Waals surface area (Å²) in [5, 5.41) is 0. The van der Waals surface area contributed by atoms with E-state index in [1.165, 1.54) is 6.07 Å². The van der Waals surface area contributed by atoms with Gasteiger partial charge < -0.3 is 15.2 Å². The van der Waals surface area contributed by atoms with E-state index >= 15 is 0 Å². The van der Waals surface area contributed by atoms with Crippen LogP contribution in [0.1, 0.15) is 23.9 Å². The first kappa shape index (κ1) is 17.6. The van der Waals surface area contributed by atoms with Gasteiger partial charge in [0.25, 0.3) is 0 Å². The number of benzene rings is 1. The number of nitrogens with zero attached hydrogens (tertiary/aromatic N) is 2. The van der Waals surface area contributed by atoms with E-state index in [1.807, 2.05) is 19.1 Å². The third-order valence-corrected chi connectivity index (χ3v) is 4.19. The number of morpholine rings is 1. The van der Waals surface area contributed by atoms with E-state index in [9.17, 15) is 4.39 Å². The van der Waals surface area contributed by atoms with Crippen molar-refractivity contribution in [3.63, 3.8) is 0 Å². The molecule has 1 aliphatic heterocycles. The summed E-state index contributed by atoms with van der Waals surface area (Å²) in [4.78, 5) is 6.86. The number of ether oxygens (including phenoxy) is 2. The van der Waals surface area contributed by atoms with Gasteiger partial charge in [0.05, 0.1) is 18.9 Å². The lowest BCUT2D eigenvalue weighted by molar-refractivity contribution is -0.0331. The van der Waals surface area contributed by atoms with E-state index in [-0.39, 0.29) is 11.9 Å². The first-order valence-electron chi connectivity index (χ1n) is 8.57. The molecule has 2 aromatic rings. The largest absolute Gasteiger partial charge is 0.490 e. The fraction of sp³-hybridized carbons (Fsp3) is 0.421. The van der Waals surface area contributed by atoms with Gasteiger partial charge in [0, 0.05) is 31.0 Å². The van der Waals surface area contributed by atoms with Gasteiger partial charge in [0.15, 0.2) is 11.6 Å². The highest BCUT2D eigenvalue weighted by atomic mass is 19.1. The van der Waals surface area contributed by atoms with Gasteiger partial charge >= 0.3 is 0 Å². The molecule has 6 heteroatoms. The quantitative estimate of drug-likeness (QED) is 0.816. The maximum Gasteiger partial charge on any atom is 0.165 e. The summed E-state index contributed by atoms with van der Waals surface area (Å²) in [6.45, 7) is 5.59. The first-order valence-corrected chi connectivity index (χ1v) is 8.57. The summed E-state index contributed by atoms with van der Waals surface area (Å²) in [7, 11) is 0. The van der Waals surface area contributed by atoms with Crippen molar-refractivity contribution in [2.75, 3.05) is 38.6 Å². The number of hydrogen-bond acceptors (Lipinski definition) is 5. The van der Waals surface area contributed by atoms with E-state index in [1.54, 1.807) is 18.2 Å². The lowest BCUT2D eigenvalue weighted by atomic mass is 10.1. The number of nitrogen functional groups attached to an aromatic ring is 1. The summed E-state index contributed by atoms with van der Waals surface area (Å²) >= 11 is 0. The number of aryl methyl sites for hydroxylation is 1. The molecule has 1 aromatic carbocycles. The highest BCUT2D eigenvalue weighted by Gasteiger charge is 2.23. The van der Waals surface area contributed by atoms with Crippen molar-refractivity contribution in [1.82, 2.24) is 9.88 Å². The minimum Gasteiger partial charge on any atom is -0.490 e. The number of nitrogens with two attached hydrogens (primary N) is 1. The van der Waals surface area contributed by atoms with Crippen LogP contribution in [0.25, 0.3) is 0 Å². The van der Waals surface area contributed by atoms with Gasteiger partial charge in [-0.1, -0.05) is 12.1 Å². The molecule has 0 radical (unpaired) electrons. The van der Waals surface area contributed by atoms with Gasteiger partial charge in [-0.25, -0.2) is 4.39 Å². The molecule has 0 unspecified atom stereocenters. The standard InChI is InChI=1S/C19H24FN3O2/c1-14-11-15(21)12-17(22-14)19-13-23(8-10-25-19)7-4-9-24-18-6-3-2-5-16(18)20/h2-3,5-6,11-12,19H,4,7-10,13H2,1H3,(H2,21,22)/t19-/m1/s1. The molecule has 1 aliphatic rings. The van der Waals surface area contributed by atoms with Crippen LogP contribution < -0.4 is 10.5 Å². The molecule has 1 atom stereocenters. The number of anilines is 1. The summed E-state index contributed by atoms with van der Waals surface area (Å²) < 4.78 is 24.9. The summed E-state index contributed by atoms with van der Waals surface area (Å²) in [5.74, 6) is -0.0150. The molecule has 1 aromatic heterocycles. The zero-order valence-electron chi connectivity index (χ0n) is 14.5. The van der Waals surface area contributed by atoms with E-state index in [2.05, 4.69) is 9.88 Å². The smallest absolute Gasteiger partial charge is 0.165 e. The molecule has 25 heavy (non-hydrogen) atoms. The van der Waals surface area contributed by atoms with Gasteiger partial charge in [-0.15, -0.1) is 0 Å². The fourth-order valence-corrected chi connectivity index (χ4v) is 3.00. The highest BCUT2D eigenvalue weighted by Crippen LogP contribution is 2.23. The average Bonchev–Trinajstić information content (AvgIpc) is 2.59. The van der Waals surface area contributed by atoms with Crippen molar-refractivity contribution in [2.24, 2.45) is 0 Å². The molecule has 0 aliphatic carbocycles. The predicted octanol–water partition coefficient (Wildman–Crippen LogP) is 2.95. The maximum absolute atomic E-state index is 13.5. The van der Waals surface area contributed by atoms with Crippen molar-refractivity contribution in [2.45, 2.75) is 19.4 Å². The van der Waals surface area contributed by atoms with Crippen LogP contribution in [0, 0.1) is 12.7 Å². The van der Waals surface area contributed by atoms with E-state index in [4.69, 9.17) is 15.2 Å². The van der Waals surface area contributed by atoms with Crippen molar-refractivity contribution in [1.29, 1.82) is 0 Å². The van der Waals surface area contributed by atoms with Gasteiger partial charge in [0.1, 0.15) is 6.10 Å². The molecule has 5 nitrogen and oxygen atoms in total. The van der Waals surface area contributed by atoms with Crippen LogP contribution in [0.5, 0.6) is 5.75 Å². The molecule has 2 N–H and O–H groups in total. The minimum atomic E-state index is -0.322. The van der Waals surface area contributed by atoms with Crippen molar-refractivity contribution >= 4 is 5.69 Å². The average molecular weight is 345 g/mol. The monoisotopic (exact) mass is 345 g/mol. The Kier molecular flexibility index (Phi) is 5.83. The van der Waals surface area contributed by atoms with E-state index in [0.717, 1.165) is 37.4 Å². The third-order valence-electron chi connectivity index (χ3n) is 4.19. The second kappa shape index (κ2) is 8.27. The Hall–Kier alpha value is -2.18. The van der Waals surface area contributed by atoms with Crippen molar-refractivity contribution in [3.05, 3.63) is 53.6 Å². The Balaban J connectivity index is 1.48. The van der Waals surface area contributed by atoms with Crippen LogP contribution in [-0.4, -0.2) is 42.7 Å². The second-order valence-corrected chi connectivity index (χ2v) is 6.26. The fourth-order valence-electron chi connectivity index (χ4n) is 3.00.